The van der Waals surface area contributed by atoms with Crippen LogP contribution in [0.1, 0.15) is 20.3 Å². The maximum atomic E-state index is 12.0. The van der Waals surface area contributed by atoms with Crippen LogP contribution in [-0.4, -0.2) is 37.2 Å². The number of hydrogen-bond donors (Lipinski definition) is 1. The van der Waals surface area contributed by atoms with Crippen molar-refractivity contribution in [3.8, 4) is 0 Å². The van der Waals surface area contributed by atoms with E-state index in [4.69, 9.17) is 0 Å². The second kappa shape index (κ2) is 5.03. The summed E-state index contributed by atoms with van der Waals surface area (Å²) in [5.41, 5.74) is 0. The molecule has 0 radical (unpaired) electrons. The Bertz CT molecular complexity index is 592. The van der Waals surface area contributed by atoms with E-state index in [0.717, 1.165) is 16.2 Å². The predicted octanol–water partition coefficient (Wildman–Crippen LogP) is 0.562. The molecular formula is C11H14N2O4S2. The first-order valence-electron chi connectivity index (χ1n) is 5.74. The van der Waals surface area contributed by atoms with Gasteiger partial charge in [0.25, 0.3) is 10.0 Å². The summed E-state index contributed by atoms with van der Waals surface area (Å²) in [6, 6.07) is 1.80. The third-order valence-electron chi connectivity index (χ3n) is 2.76. The molecule has 1 aliphatic rings. The van der Waals surface area contributed by atoms with Gasteiger partial charge in [-0.2, -0.15) is 4.72 Å². The van der Waals surface area contributed by atoms with Crippen LogP contribution in [-0.2, 0) is 19.6 Å². The number of rotatable bonds is 4. The van der Waals surface area contributed by atoms with Crippen molar-refractivity contribution in [2.24, 2.45) is 0 Å². The molecule has 1 N–H and O–H groups in total. The van der Waals surface area contributed by atoms with Crippen LogP contribution >= 0.6 is 11.3 Å². The van der Waals surface area contributed by atoms with E-state index >= 15 is 0 Å². The summed E-state index contributed by atoms with van der Waals surface area (Å²) in [5, 5.41) is 1.64. The van der Waals surface area contributed by atoms with Gasteiger partial charge < -0.3 is 0 Å². The van der Waals surface area contributed by atoms with Crippen LogP contribution in [0.5, 0.6) is 0 Å². The summed E-state index contributed by atoms with van der Waals surface area (Å²) in [5.74, 6) is -0.834. The van der Waals surface area contributed by atoms with E-state index in [9.17, 15) is 18.0 Å². The Morgan fingerprint density at radius 3 is 2.58 bits per heavy atom. The summed E-state index contributed by atoms with van der Waals surface area (Å²) in [6.07, 6.45) is -0.123. The third-order valence-corrected chi connectivity index (χ3v) is 5.63. The minimum absolute atomic E-state index is 0.123. The molecule has 104 valence electrons. The molecule has 1 unspecified atom stereocenters. The van der Waals surface area contributed by atoms with E-state index in [0.29, 0.717) is 0 Å². The van der Waals surface area contributed by atoms with Crippen LogP contribution in [0.15, 0.2) is 21.7 Å². The number of likely N-dealkylation sites (tertiary alicyclic amines) is 1. The lowest BCUT2D eigenvalue weighted by atomic mass is 10.3. The molecule has 0 spiro atoms. The molecule has 1 aromatic rings. The van der Waals surface area contributed by atoms with E-state index < -0.39 is 22.0 Å². The molecule has 0 saturated carbocycles. The number of imide groups is 1. The summed E-state index contributed by atoms with van der Waals surface area (Å²) >= 11 is 1.06. The minimum Gasteiger partial charge on any atom is -0.279 e. The zero-order chi connectivity index (χ0) is 14.2. The van der Waals surface area contributed by atoms with Gasteiger partial charge >= 0.3 is 0 Å². The number of carbonyl (C=O) groups excluding carboxylic acids is 2. The predicted molar refractivity (Wildman–Crippen MR) is 70.0 cm³/mol. The number of amides is 2. The molecule has 6 nitrogen and oxygen atoms in total. The first-order chi connectivity index (χ1) is 8.83. The second-order valence-electron chi connectivity index (χ2n) is 4.51. The Morgan fingerprint density at radius 2 is 2.11 bits per heavy atom. The molecule has 2 rings (SSSR count). The number of carbonyl (C=O) groups is 2. The van der Waals surface area contributed by atoms with Gasteiger partial charge in [-0.1, -0.05) is 6.07 Å². The van der Waals surface area contributed by atoms with Crippen LogP contribution in [0.4, 0.5) is 0 Å². The largest absolute Gasteiger partial charge is 0.279 e. The Kier molecular flexibility index (Phi) is 3.75. The van der Waals surface area contributed by atoms with Crippen molar-refractivity contribution in [3.63, 3.8) is 0 Å². The Hall–Kier alpha value is -1.25. The zero-order valence-electron chi connectivity index (χ0n) is 10.5. The van der Waals surface area contributed by atoms with E-state index in [1.807, 2.05) is 0 Å². The van der Waals surface area contributed by atoms with Crippen LogP contribution in [0.2, 0.25) is 0 Å². The quantitative estimate of drug-likeness (QED) is 0.824. The minimum atomic E-state index is -3.74. The zero-order valence-corrected chi connectivity index (χ0v) is 12.1. The lowest BCUT2D eigenvalue weighted by Crippen LogP contribution is -2.43. The summed E-state index contributed by atoms with van der Waals surface area (Å²) in [6.45, 7) is 3.43. The molecular weight excluding hydrogens is 288 g/mol. The first kappa shape index (κ1) is 14.2. The smallest absolute Gasteiger partial charge is 0.250 e. The number of nitrogens with zero attached hydrogens (tertiary/aromatic N) is 1. The van der Waals surface area contributed by atoms with Gasteiger partial charge in [0.15, 0.2) is 0 Å². The topological polar surface area (TPSA) is 83.6 Å². The Morgan fingerprint density at radius 1 is 1.42 bits per heavy atom. The summed E-state index contributed by atoms with van der Waals surface area (Å²) in [4.78, 5) is 24.8. The highest BCUT2D eigenvalue weighted by molar-refractivity contribution is 7.91. The van der Waals surface area contributed by atoms with Gasteiger partial charge in [0.05, 0.1) is 6.42 Å². The van der Waals surface area contributed by atoms with Gasteiger partial charge in [0.2, 0.25) is 11.8 Å². The molecule has 1 fully saturated rings. The van der Waals surface area contributed by atoms with E-state index in [2.05, 4.69) is 4.72 Å². The standard InChI is InChI=1S/C11H14N2O4S2/c1-7(2)13-9(14)6-8(11(13)15)12-19(16,17)10-4-3-5-18-10/h3-5,7-8,12H,6H2,1-2H3. The molecule has 19 heavy (non-hydrogen) atoms. The summed E-state index contributed by atoms with van der Waals surface area (Å²) in [7, 11) is -3.74. The van der Waals surface area contributed by atoms with Crippen molar-refractivity contribution < 1.29 is 18.0 Å². The maximum absolute atomic E-state index is 12.0. The number of sulfonamides is 1. The fourth-order valence-electron chi connectivity index (χ4n) is 1.95. The molecule has 0 aliphatic carbocycles. The van der Waals surface area contributed by atoms with Crippen molar-refractivity contribution in [1.29, 1.82) is 0 Å². The van der Waals surface area contributed by atoms with E-state index in [1.165, 1.54) is 6.07 Å². The number of hydrogen-bond acceptors (Lipinski definition) is 5. The highest BCUT2D eigenvalue weighted by atomic mass is 32.2. The number of nitrogens with one attached hydrogen (secondary N) is 1. The molecule has 1 atom stereocenters. The maximum Gasteiger partial charge on any atom is 0.250 e. The van der Waals surface area contributed by atoms with Crippen molar-refractivity contribution in [2.75, 3.05) is 0 Å². The van der Waals surface area contributed by atoms with Crippen LogP contribution < -0.4 is 4.72 Å². The monoisotopic (exact) mass is 302 g/mol. The SMILES string of the molecule is CC(C)N1C(=O)CC(NS(=O)(=O)c2cccs2)C1=O. The van der Waals surface area contributed by atoms with Gasteiger partial charge in [0, 0.05) is 6.04 Å². The average molecular weight is 302 g/mol. The van der Waals surface area contributed by atoms with Crippen LogP contribution in [0.25, 0.3) is 0 Å². The normalized spacial score (nSPS) is 20.6. The van der Waals surface area contributed by atoms with Crippen molar-refractivity contribution in [3.05, 3.63) is 17.5 Å². The number of thiophene rings is 1. The molecule has 0 aromatic carbocycles. The van der Waals surface area contributed by atoms with Crippen molar-refractivity contribution in [2.45, 2.75) is 36.6 Å². The summed E-state index contributed by atoms with van der Waals surface area (Å²) < 4.78 is 26.4. The van der Waals surface area contributed by atoms with Gasteiger partial charge in [-0.15, -0.1) is 11.3 Å². The van der Waals surface area contributed by atoms with E-state index in [-0.39, 0.29) is 22.6 Å². The molecule has 2 amide bonds. The van der Waals surface area contributed by atoms with Crippen LogP contribution in [0, 0.1) is 0 Å². The average Bonchev–Trinajstić information content (AvgIpc) is 2.88. The van der Waals surface area contributed by atoms with Crippen LogP contribution in [0.3, 0.4) is 0 Å². The molecule has 0 bridgehead atoms. The molecule has 2 heterocycles. The van der Waals surface area contributed by atoms with Gasteiger partial charge in [-0.3, -0.25) is 14.5 Å². The molecule has 1 aliphatic heterocycles. The first-order valence-corrected chi connectivity index (χ1v) is 8.11. The lowest BCUT2D eigenvalue weighted by Gasteiger charge is -2.19. The Labute approximate surface area is 115 Å². The van der Waals surface area contributed by atoms with Gasteiger partial charge in [0.1, 0.15) is 10.3 Å². The highest BCUT2D eigenvalue weighted by Crippen LogP contribution is 2.20. The molecule has 8 heteroatoms. The van der Waals surface area contributed by atoms with Gasteiger partial charge in [-0.05, 0) is 25.3 Å². The highest BCUT2D eigenvalue weighted by Gasteiger charge is 2.42. The second-order valence-corrected chi connectivity index (χ2v) is 7.39. The van der Waals surface area contributed by atoms with E-state index in [1.54, 1.807) is 25.3 Å². The fourth-order valence-corrected chi connectivity index (χ4v) is 4.15. The van der Waals surface area contributed by atoms with Crippen molar-refractivity contribution in [1.82, 2.24) is 9.62 Å². The van der Waals surface area contributed by atoms with Crippen molar-refractivity contribution >= 4 is 33.2 Å². The van der Waals surface area contributed by atoms with Gasteiger partial charge in [-0.25, -0.2) is 8.42 Å². The molecule has 1 aromatic heterocycles. The third kappa shape index (κ3) is 2.70. The molecule has 1 saturated heterocycles. The fraction of sp³-hybridized carbons (Fsp3) is 0.455. The Balaban J connectivity index is 2.18. The lowest BCUT2D eigenvalue weighted by molar-refractivity contribution is -0.140.